The van der Waals surface area contributed by atoms with Gasteiger partial charge in [0.05, 0.1) is 5.56 Å². The Morgan fingerprint density at radius 2 is 2.09 bits per heavy atom. The van der Waals surface area contributed by atoms with Gasteiger partial charge in [0.15, 0.2) is 0 Å². The molecule has 0 radical (unpaired) electrons. The lowest BCUT2D eigenvalue weighted by Crippen LogP contribution is -2.17. The fourth-order valence-electron chi connectivity index (χ4n) is 2.77. The van der Waals surface area contributed by atoms with Crippen molar-refractivity contribution in [2.75, 3.05) is 5.32 Å². The molecule has 0 atom stereocenters. The highest BCUT2D eigenvalue weighted by Crippen LogP contribution is 2.37. The van der Waals surface area contributed by atoms with E-state index < -0.39 is 5.91 Å². The van der Waals surface area contributed by atoms with Crippen LogP contribution in [0.15, 0.2) is 22.6 Å². The molecule has 0 bridgehead atoms. The van der Waals surface area contributed by atoms with Crippen LogP contribution in [0.25, 0.3) is 6.08 Å². The predicted molar refractivity (Wildman–Crippen MR) is 90.6 cm³/mol. The third kappa shape index (κ3) is 3.37. The van der Waals surface area contributed by atoms with Gasteiger partial charge in [-0.05, 0) is 56.4 Å². The number of primary amides is 1. The molecule has 3 rings (SSSR count). The second kappa shape index (κ2) is 6.42. The van der Waals surface area contributed by atoms with E-state index in [1.165, 1.54) is 17.4 Å². The maximum atomic E-state index is 12.1. The fourth-order valence-corrected chi connectivity index (χ4v) is 4.07. The molecule has 0 saturated heterocycles. The van der Waals surface area contributed by atoms with Crippen LogP contribution in [0, 0.1) is 6.92 Å². The lowest BCUT2D eigenvalue weighted by molar-refractivity contribution is -0.111. The van der Waals surface area contributed by atoms with E-state index in [4.69, 9.17) is 10.2 Å². The highest BCUT2D eigenvalue weighted by molar-refractivity contribution is 7.17. The quantitative estimate of drug-likeness (QED) is 0.844. The van der Waals surface area contributed by atoms with E-state index in [1.807, 2.05) is 13.0 Å². The molecule has 5 nitrogen and oxygen atoms in total. The van der Waals surface area contributed by atoms with E-state index in [1.54, 1.807) is 12.1 Å². The molecule has 0 saturated carbocycles. The molecule has 0 aromatic carbocycles. The second-order valence-electron chi connectivity index (χ2n) is 5.55. The number of furan rings is 1. The van der Waals surface area contributed by atoms with Gasteiger partial charge >= 0.3 is 0 Å². The van der Waals surface area contributed by atoms with Gasteiger partial charge in [0.25, 0.3) is 5.91 Å². The first-order valence-electron chi connectivity index (χ1n) is 7.54. The van der Waals surface area contributed by atoms with Crippen molar-refractivity contribution in [3.8, 4) is 0 Å². The molecule has 0 fully saturated rings. The standard InChI is InChI=1S/C17H18N2O3S/c1-10-6-7-11(22-10)8-9-14(20)19-17-15(16(18)21)12-4-2-3-5-13(12)23-17/h6-9H,2-5H2,1H3,(H2,18,21)(H,19,20)/b9-8+. The van der Waals surface area contributed by atoms with Crippen molar-refractivity contribution in [3.05, 3.63) is 45.7 Å². The second-order valence-corrected chi connectivity index (χ2v) is 6.66. The summed E-state index contributed by atoms with van der Waals surface area (Å²) < 4.78 is 5.37. The minimum Gasteiger partial charge on any atom is -0.462 e. The number of anilines is 1. The average molecular weight is 330 g/mol. The number of hydrogen-bond acceptors (Lipinski definition) is 4. The number of thiophene rings is 1. The van der Waals surface area contributed by atoms with Crippen LogP contribution in [0.1, 0.15) is 45.2 Å². The average Bonchev–Trinajstić information content (AvgIpc) is 3.08. The molecule has 0 spiro atoms. The zero-order valence-corrected chi connectivity index (χ0v) is 13.7. The highest BCUT2D eigenvalue weighted by atomic mass is 32.1. The molecule has 0 unspecified atom stereocenters. The highest BCUT2D eigenvalue weighted by Gasteiger charge is 2.24. The molecule has 1 aliphatic rings. The number of nitrogens with one attached hydrogen (secondary N) is 1. The number of rotatable bonds is 4. The third-order valence-corrected chi connectivity index (χ3v) is 5.02. The van der Waals surface area contributed by atoms with Gasteiger partial charge in [-0.15, -0.1) is 11.3 Å². The monoisotopic (exact) mass is 330 g/mol. The smallest absolute Gasteiger partial charge is 0.251 e. The summed E-state index contributed by atoms with van der Waals surface area (Å²) in [5.74, 6) is 0.607. The van der Waals surface area contributed by atoms with E-state index in [0.717, 1.165) is 41.9 Å². The Balaban J connectivity index is 1.79. The topological polar surface area (TPSA) is 85.3 Å². The molecule has 3 N–H and O–H groups in total. The molecule has 6 heteroatoms. The molecule has 2 aromatic heterocycles. The normalized spacial score (nSPS) is 14.0. The van der Waals surface area contributed by atoms with Crippen LogP contribution in [0.2, 0.25) is 0 Å². The van der Waals surface area contributed by atoms with Crippen molar-refractivity contribution < 1.29 is 14.0 Å². The molecule has 120 valence electrons. The molecule has 2 heterocycles. The van der Waals surface area contributed by atoms with Gasteiger partial charge in [-0.3, -0.25) is 9.59 Å². The fraction of sp³-hybridized carbons (Fsp3) is 0.294. The predicted octanol–water partition coefficient (Wildman–Crippen LogP) is 3.28. The Hall–Kier alpha value is -2.34. The van der Waals surface area contributed by atoms with Crippen molar-refractivity contribution in [3.63, 3.8) is 0 Å². The zero-order valence-electron chi connectivity index (χ0n) is 12.8. The molecular weight excluding hydrogens is 312 g/mol. The Morgan fingerprint density at radius 3 is 2.78 bits per heavy atom. The first kappa shape index (κ1) is 15.6. The van der Waals surface area contributed by atoms with E-state index in [-0.39, 0.29) is 5.91 Å². The van der Waals surface area contributed by atoms with Gasteiger partial charge in [0.1, 0.15) is 16.5 Å². The molecule has 2 aromatic rings. The van der Waals surface area contributed by atoms with Crippen LogP contribution in [0.4, 0.5) is 5.00 Å². The molecular formula is C17H18N2O3S. The summed E-state index contributed by atoms with van der Waals surface area (Å²) in [6.45, 7) is 1.84. The summed E-state index contributed by atoms with van der Waals surface area (Å²) in [6, 6.07) is 3.62. The van der Waals surface area contributed by atoms with E-state index in [0.29, 0.717) is 16.3 Å². The maximum absolute atomic E-state index is 12.1. The van der Waals surface area contributed by atoms with Crippen LogP contribution < -0.4 is 11.1 Å². The van der Waals surface area contributed by atoms with Crippen molar-refractivity contribution >= 4 is 34.2 Å². The first-order chi connectivity index (χ1) is 11.0. The Morgan fingerprint density at radius 1 is 1.30 bits per heavy atom. The van der Waals surface area contributed by atoms with Crippen molar-refractivity contribution in [1.29, 1.82) is 0 Å². The molecule has 0 aliphatic heterocycles. The van der Waals surface area contributed by atoms with Gasteiger partial charge in [-0.25, -0.2) is 0 Å². The summed E-state index contributed by atoms with van der Waals surface area (Å²) in [7, 11) is 0. The number of aryl methyl sites for hydroxylation is 2. The van der Waals surface area contributed by atoms with E-state index in [9.17, 15) is 9.59 Å². The summed E-state index contributed by atoms with van der Waals surface area (Å²) in [5.41, 5.74) is 6.99. The number of nitrogens with two attached hydrogens (primary N) is 1. The van der Waals surface area contributed by atoms with Gasteiger partial charge in [-0.1, -0.05) is 0 Å². The molecule has 1 aliphatic carbocycles. The zero-order chi connectivity index (χ0) is 16.4. The van der Waals surface area contributed by atoms with Crippen LogP contribution in [0.5, 0.6) is 0 Å². The third-order valence-electron chi connectivity index (χ3n) is 3.81. The van der Waals surface area contributed by atoms with Crippen LogP contribution in [-0.4, -0.2) is 11.8 Å². The van der Waals surface area contributed by atoms with Gasteiger partial charge in [0.2, 0.25) is 5.91 Å². The Labute approximate surface area is 138 Å². The number of carbonyl (C=O) groups is 2. The van der Waals surface area contributed by atoms with Gasteiger partial charge in [-0.2, -0.15) is 0 Å². The number of amides is 2. The van der Waals surface area contributed by atoms with Crippen molar-refractivity contribution in [1.82, 2.24) is 0 Å². The van der Waals surface area contributed by atoms with Crippen LogP contribution >= 0.6 is 11.3 Å². The summed E-state index contributed by atoms with van der Waals surface area (Å²) in [4.78, 5) is 25.0. The number of fused-ring (bicyclic) bond motifs is 1. The summed E-state index contributed by atoms with van der Waals surface area (Å²) >= 11 is 1.45. The number of hydrogen-bond donors (Lipinski definition) is 2. The first-order valence-corrected chi connectivity index (χ1v) is 8.36. The van der Waals surface area contributed by atoms with E-state index in [2.05, 4.69) is 5.32 Å². The van der Waals surface area contributed by atoms with Crippen molar-refractivity contribution in [2.45, 2.75) is 32.6 Å². The summed E-state index contributed by atoms with van der Waals surface area (Å²) in [6.07, 6.45) is 6.94. The number of carbonyl (C=O) groups excluding carboxylic acids is 2. The SMILES string of the molecule is Cc1ccc(/C=C/C(=O)Nc2sc3c(c2C(N)=O)CCCC3)o1. The Bertz CT molecular complexity index is 786. The molecule has 23 heavy (non-hydrogen) atoms. The lowest BCUT2D eigenvalue weighted by atomic mass is 9.95. The maximum Gasteiger partial charge on any atom is 0.251 e. The van der Waals surface area contributed by atoms with Crippen molar-refractivity contribution in [2.24, 2.45) is 5.73 Å². The van der Waals surface area contributed by atoms with Gasteiger partial charge < -0.3 is 15.5 Å². The van der Waals surface area contributed by atoms with E-state index >= 15 is 0 Å². The minimum absolute atomic E-state index is 0.305. The largest absolute Gasteiger partial charge is 0.462 e. The lowest BCUT2D eigenvalue weighted by Gasteiger charge is -2.11. The van der Waals surface area contributed by atoms with Crippen LogP contribution in [-0.2, 0) is 17.6 Å². The van der Waals surface area contributed by atoms with Gasteiger partial charge in [0, 0.05) is 11.0 Å². The molecule has 2 amide bonds. The van der Waals surface area contributed by atoms with Crippen LogP contribution in [0.3, 0.4) is 0 Å². The Kier molecular flexibility index (Phi) is 4.34. The minimum atomic E-state index is -0.481. The summed E-state index contributed by atoms with van der Waals surface area (Å²) in [5, 5.41) is 3.33.